The highest BCUT2D eigenvalue weighted by molar-refractivity contribution is 9.10. The lowest BCUT2D eigenvalue weighted by Crippen LogP contribution is -2.37. The maximum absolute atomic E-state index is 14.2. The first kappa shape index (κ1) is 16.4. The molecule has 0 aromatic heterocycles. The number of rotatable bonds is 3. The first-order valence-electron chi connectivity index (χ1n) is 5.75. The second kappa shape index (κ2) is 6.00. The van der Waals surface area contributed by atoms with Gasteiger partial charge in [0.1, 0.15) is 4.90 Å². The first-order valence-corrected chi connectivity index (χ1v) is 9.52. The topological polar surface area (TPSA) is 63.4 Å². The zero-order chi connectivity index (χ0) is 15.1. The molecule has 20 heavy (non-hydrogen) atoms. The molecule has 1 aromatic carbocycles. The lowest BCUT2D eigenvalue weighted by molar-refractivity contribution is 0.392. The summed E-state index contributed by atoms with van der Waals surface area (Å²) in [4.78, 5) is -0.484. The Hall–Kier alpha value is -0.0200. The van der Waals surface area contributed by atoms with E-state index in [2.05, 4.69) is 15.9 Å². The van der Waals surface area contributed by atoms with Gasteiger partial charge < -0.3 is 5.73 Å². The predicted molar refractivity (Wildman–Crippen MR) is 84.2 cm³/mol. The Morgan fingerprint density at radius 1 is 1.60 bits per heavy atom. The van der Waals surface area contributed by atoms with E-state index in [0.29, 0.717) is 5.75 Å². The van der Waals surface area contributed by atoms with Gasteiger partial charge in [-0.05, 0) is 34.2 Å². The molecule has 2 N–H and O–H groups in total. The Morgan fingerprint density at radius 2 is 2.25 bits per heavy atom. The summed E-state index contributed by atoms with van der Waals surface area (Å²) in [5.74, 6) is 0.631. The van der Waals surface area contributed by atoms with E-state index < -0.39 is 20.7 Å². The Balaban J connectivity index is 2.49. The molecule has 0 saturated carbocycles. The molecule has 0 aliphatic carbocycles. The van der Waals surface area contributed by atoms with Crippen LogP contribution in [0.3, 0.4) is 0 Å². The maximum Gasteiger partial charge on any atom is 0.246 e. The average Bonchev–Trinajstić information content (AvgIpc) is 2.93. The van der Waals surface area contributed by atoms with Gasteiger partial charge in [0.2, 0.25) is 10.0 Å². The fourth-order valence-corrected chi connectivity index (χ4v) is 5.36. The lowest BCUT2D eigenvalue weighted by Gasteiger charge is -2.24. The number of nitrogens with zero attached hydrogens (tertiary/aromatic N) is 1. The van der Waals surface area contributed by atoms with E-state index in [4.69, 9.17) is 17.3 Å². The van der Waals surface area contributed by atoms with Crippen LogP contribution in [0.25, 0.3) is 0 Å². The number of nitrogens with two attached hydrogens (primary N) is 1. The highest BCUT2D eigenvalue weighted by Gasteiger charge is 2.33. The highest BCUT2D eigenvalue weighted by Crippen LogP contribution is 2.36. The Labute approximate surface area is 135 Å². The molecule has 1 aliphatic rings. The number of anilines is 1. The molecule has 1 unspecified atom stereocenters. The Morgan fingerprint density at radius 3 is 2.80 bits per heavy atom. The number of sulfonamides is 1. The molecule has 9 heteroatoms. The van der Waals surface area contributed by atoms with Crippen LogP contribution in [0.5, 0.6) is 0 Å². The second-order valence-electron chi connectivity index (χ2n) is 4.44. The summed E-state index contributed by atoms with van der Waals surface area (Å²) < 4.78 is 40.5. The highest BCUT2D eigenvalue weighted by atomic mass is 79.9. The van der Waals surface area contributed by atoms with Gasteiger partial charge in [-0.3, -0.25) is 0 Å². The number of hydrogen-bond acceptors (Lipinski definition) is 4. The van der Waals surface area contributed by atoms with Crippen LogP contribution in [0.2, 0.25) is 5.02 Å². The van der Waals surface area contributed by atoms with Gasteiger partial charge in [-0.15, -0.1) is 0 Å². The molecular weight excluding hydrogens is 391 g/mol. The molecule has 1 fully saturated rings. The molecule has 1 aliphatic heterocycles. The lowest BCUT2D eigenvalue weighted by atomic mass is 10.3. The number of benzene rings is 1. The Bertz CT molecular complexity index is 636. The summed E-state index contributed by atoms with van der Waals surface area (Å²) in [6.45, 7) is 0. The molecule has 1 heterocycles. The van der Waals surface area contributed by atoms with E-state index in [1.54, 1.807) is 11.8 Å². The van der Waals surface area contributed by atoms with Crippen molar-refractivity contribution in [2.45, 2.75) is 17.4 Å². The SMILES string of the molecule is CN(C1CCSC1)S(=O)(=O)c1cc(Cl)c(Br)c(N)c1F. The summed E-state index contributed by atoms with van der Waals surface area (Å²) in [6.07, 6.45) is 0.752. The van der Waals surface area contributed by atoms with Crippen LogP contribution in [0.1, 0.15) is 6.42 Å². The third kappa shape index (κ3) is 2.81. The van der Waals surface area contributed by atoms with Gasteiger partial charge in [0.05, 0.1) is 15.2 Å². The second-order valence-corrected chi connectivity index (χ2v) is 8.75. The van der Waals surface area contributed by atoms with Crippen molar-refractivity contribution in [3.8, 4) is 0 Å². The first-order chi connectivity index (χ1) is 9.26. The van der Waals surface area contributed by atoms with Crippen molar-refractivity contribution < 1.29 is 12.8 Å². The molecule has 1 saturated heterocycles. The fraction of sp³-hybridized carbons (Fsp3) is 0.455. The summed E-state index contributed by atoms with van der Waals surface area (Å²) in [6, 6.07) is 0.957. The molecule has 2 rings (SSSR count). The zero-order valence-corrected chi connectivity index (χ0v) is 14.5. The van der Waals surface area contributed by atoms with Gasteiger partial charge in [0, 0.05) is 18.8 Å². The number of thioether (sulfide) groups is 1. The largest absolute Gasteiger partial charge is 0.395 e. The maximum atomic E-state index is 14.2. The van der Waals surface area contributed by atoms with E-state index in [0.717, 1.165) is 18.2 Å². The average molecular weight is 404 g/mol. The molecule has 1 aromatic rings. The third-order valence-electron chi connectivity index (χ3n) is 3.23. The number of nitrogen functional groups attached to an aromatic ring is 1. The monoisotopic (exact) mass is 402 g/mol. The standard InChI is InChI=1S/C11H13BrClFN2O2S2/c1-16(6-2-3-19-5-6)20(17,18)8-4-7(13)9(12)11(15)10(8)14/h4,6H,2-3,5,15H2,1H3. The minimum Gasteiger partial charge on any atom is -0.395 e. The molecule has 0 amide bonds. The van der Waals surface area contributed by atoms with Crippen LogP contribution in [0, 0.1) is 5.82 Å². The molecule has 4 nitrogen and oxygen atoms in total. The van der Waals surface area contributed by atoms with E-state index in [1.807, 2.05) is 0 Å². The predicted octanol–water partition coefficient (Wildman–Crippen LogP) is 2.95. The Kier molecular flexibility index (Phi) is 4.91. The summed E-state index contributed by atoms with van der Waals surface area (Å²) in [7, 11) is -2.50. The molecule has 112 valence electrons. The van der Waals surface area contributed by atoms with Crippen molar-refractivity contribution in [1.29, 1.82) is 0 Å². The fourth-order valence-electron chi connectivity index (χ4n) is 1.95. The van der Waals surface area contributed by atoms with Crippen molar-refractivity contribution in [1.82, 2.24) is 4.31 Å². The smallest absolute Gasteiger partial charge is 0.246 e. The molecule has 0 bridgehead atoms. The van der Waals surface area contributed by atoms with Gasteiger partial charge in [0.15, 0.2) is 5.82 Å². The van der Waals surface area contributed by atoms with Crippen LogP contribution >= 0.6 is 39.3 Å². The van der Waals surface area contributed by atoms with Gasteiger partial charge in [-0.25, -0.2) is 12.8 Å². The minimum absolute atomic E-state index is 0.0664. The summed E-state index contributed by atoms with van der Waals surface area (Å²) >= 11 is 10.6. The van der Waals surface area contributed by atoms with E-state index in [-0.39, 0.29) is 21.2 Å². The molecule has 0 spiro atoms. The van der Waals surface area contributed by atoms with Gasteiger partial charge in [0.25, 0.3) is 0 Å². The van der Waals surface area contributed by atoms with Crippen LogP contribution in [-0.2, 0) is 10.0 Å². The molecular formula is C11H13BrClFN2O2S2. The van der Waals surface area contributed by atoms with Crippen LogP contribution in [0.4, 0.5) is 10.1 Å². The summed E-state index contributed by atoms with van der Waals surface area (Å²) in [5, 5.41) is 0.0664. The zero-order valence-electron chi connectivity index (χ0n) is 10.6. The quantitative estimate of drug-likeness (QED) is 0.622. The van der Waals surface area contributed by atoms with Crippen molar-refractivity contribution in [2.24, 2.45) is 0 Å². The number of halogens is 3. The van der Waals surface area contributed by atoms with Gasteiger partial charge in [-0.2, -0.15) is 16.1 Å². The van der Waals surface area contributed by atoms with Crippen LogP contribution < -0.4 is 5.73 Å². The van der Waals surface area contributed by atoms with E-state index in [9.17, 15) is 12.8 Å². The van der Waals surface area contributed by atoms with Crippen molar-refractivity contribution in [3.05, 3.63) is 21.4 Å². The van der Waals surface area contributed by atoms with Crippen molar-refractivity contribution in [2.75, 3.05) is 24.3 Å². The van der Waals surface area contributed by atoms with E-state index >= 15 is 0 Å². The molecule has 1 atom stereocenters. The van der Waals surface area contributed by atoms with E-state index in [1.165, 1.54) is 11.4 Å². The normalized spacial score (nSPS) is 19.8. The van der Waals surface area contributed by atoms with Crippen LogP contribution in [-0.4, -0.2) is 37.3 Å². The van der Waals surface area contributed by atoms with Gasteiger partial charge in [-0.1, -0.05) is 11.6 Å². The number of hydrogen-bond donors (Lipinski definition) is 1. The third-order valence-corrected chi connectivity index (χ3v) is 7.67. The van der Waals surface area contributed by atoms with Crippen molar-refractivity contribution in [3.63, 3.8) is 0 Å². The molecule has 0 radical (unpaired) electrons. The van der Waals surface area contributed by atoms with Crippen molar-refractivity contribution >= 4 is 55.0 Å². The van der Waals surface area contributed by atoms with Gasteiger partial charge >= 0.3 is 0 Å². The minimum atomic E-state index is -3.96. The summed E-state index contributed by atoms with van der Waals surface area (Å²) in [5.41, 5.74) is 5.24. The van der Waals surface area contributed by atoms with Crippen LogP contribution in [0.15, 0.2) is 15.4 Å².